The van der Waals surface area contributed by atoms with Crippen molar-refractivity contribution in [2.24, 2.45) is 0 Å². The maximum absolute atomic E-state index is 12.1. The second-order valence-electron chi connectivity index (χ2n) is 5.48. The van der Waals surface area contributed by atoms with Gasteiger partial charge in [0.25, 0.3) is 0 Å². The van der Waals surface area contributed by atoms with Gasteiger partial charge >= 0.3 is 5.97 Å². The average Bonchev–Trinajstić information content (AvgIpc) is 3.16. The van der Waals surface area contributed by atoms with Crippen molar-refractivity contribution in [2.45, 2.75) is 29.6 Å². The molecule has 0 spiro atoms. The van der Waals surface area contributed by atoms with Crippen LogP contribution in [-0.4, -0.2) is 70.3 Å². The number of aromatic carboxylic acids is 1. The lowest BCUT2D eigenvalue weighted by Gasteiger charge is -2.25. The minimum absolute atomic E-state index is 0.0899. The molecule has 0 aliphatic carbocycles. The Bertz CT molecular complexity index is 553. The fourth-order valence-electron chi connectivity index (χ4n) is 2.58. The third kappa shape index (κ3) is 5.94. The first-order valence-corrected chi connectivity index (χ1v) is 11.2. The molecule has 1 aromatic heterocycles. The molecule has 2 N–H and O–H groups in total. The number of thioether (sulfide) groups is 2. The Morgan fingerprint density at radius 2 is 2.38 bits per heavy atom. The van der Waals surface area contributed by atoms with Crippen molar-refractivity contribution in [1.82, 2.24) is 15.2 Å². The van der Waals surface area contributed by atoms with Crippen LogP contribution in [0.5, 0.6) is 0 Å². The first-order valence-electron chi connectivity index (χ1n) is 7.92. The van der Waals surface area contributed by atoms with Crippen LogP contribution in [0.25, 0.3) is 0 Å². The molecular weight excluding hydrogens is 366 g/mol. The molecule has 0 unspecified atom stereocenters. The van der Waals surface area contributed by atoms with Crippen LogP contribution in [0.4, 0.5) is 0 Å². The standard InChI is InChI=1S/C15H23N3O3S3/c1-22-7-2-5-16-9-11-3-4-13(19)18(11)6-8-23-15-17-12(10-24-15)14(20)21/h10-11,16H,2-9H2,1H3,(H,20,21)/t11-/m1/s1. The predicted molar refractivity (Wildman–Crippen MR) is 100 cm³/mol. The first kappa shape index (κ1) is 19.6. The number of carboxylic acids is 1. The monoisotopic (exact) mass is 389 g/mol. The average molecular weight is 390 g/mol. The van der Waals surface area contributed by atoms with E-state index in [-0.39, 0.29) is 17.6 Å². The minimum atomic E-state index is -1.000. The number of amides is 1. The highest BCUT2D eigenvalue weighted by Crippen LogP contribution is 2.24. The van der Waals surface area contributed by atoms with Crippen LogP contribution < -0.4 is 5.32 Å². The van der Waals surface area contributed by atoms with Crippen LogP contribution in [0.15, 0.2) is 9.72 Å². The van der Waals surface area contributed by atoms with E-state index >= 15 is 0 Å². The van der Waals surface area contributed by atoms with Crippen molar-refractivity contribution in [3.05, 3.63) is 11.1 Å². The SMILES string of the molecule is CSCCCNC[C@H]1CCC(=O)N1CCSc1nc(C(=O)O)cs1. The minimum Gasteiger partial charge on any atom is -0.476 e. The normalized spacial score (nSPS) is 17.6. The topological polar surface area (TPSA) is 82.5 Å². The second kappa shape index (κ2) is 10.3. The molecule has 0 aromatic carbocycles. The lowest BCUT2D eigenvalue weighted by atomic mass is 10.2. The maximum Gasteiger partial charge on any atom is 0.355 e. The zero-order valence-corrected chi connectivity index (χ0v) is 16.1. The summed E-state index contributed by atoms with van der Waals surface area (Å²) in [6, 6.07) is 0.276. The number of likely N-dealkylation sites (tertiary alicyclic amines) is 1. The van der Waals surface area contributed by atoms with Crippen molar-refractivity contribution >= 4 is 46.7 Å². The van der Waals surface area contributed by atoms with Gasteiger partial charge in [-0.2, -0.15) is 11.8 Å². The van der Waals surface area contributed by atoms with Crippen LogP contribution in [0.3, 0.4) is 0 Å². The molecule has 1 aliphatic rings. The van der Waals surface area contributed by atoms with E-state index in [9.17, 15) is 9.59 Å². The molecule has 1 saturated heterocycles. The summed E-state index contributed by atoms with van der Waals surface area (Å²) in [5.74, 6) is 1.11. The molecule has 1 aliphatic heterocycles. The van der Waals surface area contributed by atoms with E-state index in [0.29, 0.717) is 13.0 Å². The summed E-state index contributed by atoms with van der Waals surface area (Å²) in [6.45, 7) is 2.53. The molecule has 0 saturated carbocycles. The summed E-state index contributed by atoms with van der Waals surface area (Å²) in [7, 11) is 0. The largest absolute Gasteiger partial charge is 0.476 e. The number of thiazole rings is 1. The fourth-order valence-corrected chi connectivity index (χ4v) is 4.82. The Labute approximate surface area is 154 Å². The van der Waals surface area contributed by atoms with Crippen LogP contribution >= 0.6 is 34.9 Å². The number of hydrogen-bond donors (Lipinski definition) is 2. The van der Waals surface area contributed by atoms with Crippen molar-refractivity contribution in [3.63, 3.8) is 0 Å². The molecule has 1 aromatic rings. The van der Waals surface area contributed by atoms with Crippen LogP contribution in [0.1, 0.15) is 29.8 Å². The fraction of sp³-hybridized carbons (Fsp3) is 0.667. The van der Waals surface area contributed by atoms with Crippen LogP contribution in [0, 0.1) is 0 Å². The maximum atomic E-state index is 12.1. The molecule has 6 nitrogen and oxygen atoms in total. The van der Waals surface area contributed by atoms with Gasteiger partial charge in [0.05, 0.1) is 0 Å². The zero-order chi connectivity index (χ0) is 17.4. The van der Waals surface area contributed by atoms with Gasteiger partial charge in [-0.1, -0.05) is 11.8 Å². The van der Waals surface area contributed by atoms with Gasteiger partial charge in [-0.3, -0.25) is 4.79 Å². The Morgan fingerprint density at radius 3 is 3.08 bits per heavy atom. The Kier molecular flexibility index (Phi) is 8.37. The lowest BCUT2D eigenvalue weighted by Crippen LogP contribution is -2.41. The van der Waals surface area contributed by atoms with Gasteiger partial charge in [0.1, 0.15) is 0 Å². The van der Waals surface area contributed by atoms with Crippen molar-refractivity contribution in [2.75, 3.05) is 37.4 Å². The van der Waals surface area contributed by atoms with Gasteiger partial charge in [-0.05, 0) is 31.4 Å². The highest BCUT2D eigenvalue weighted by atomic mass is 32.2. The van der Waals surface area contributed by atoms with Crippen molar-refractivity contribution < 1.29 is 14.7 Å². The number of nitrogens with zero attached hydrogens (tertiary/aromatic N) is 2. The quantitative estimate of drug-likeness (QED) is 0.444. The van der Waals surface area contributed by atoms with Gasteiger partial charge in [-0.25, -0.2) is 9.78 Å². The summed E-state index contributed by atoms with van der Waals surface area (Å²) in [5.41, 5.74) is 0.0899. The van der Waals surface area contributed by atoms with Gasteiger partial charge in [0, 0.05) is 36.7 Å². The van der Waals surface area contributed by atoms with Crippen LogP contribution in [0.2, 0.25) is 0 Å². The molecule has 9 heteroatoms. The van der Waals surface area contributed by atoms with Crippen molar-refractivity contribution in [3.8, 4) is 0 Å². The summed E-state index contributed by atoms with van der Waals surface area (Å²) >= 11 is 4.70. The number of carbonyl (C=O) groups is 2. The summed E-state index contributed by atoms with van der Waals surface area (Å²) in [6.07, 6.45) is 4.80. The number of hydrogen-bond acceptors (Lipinski definition) is 7. The highest BCUT2D eigenvalue weighted by Gasteiger charge is 2.30. The van der Waals surface area contributed by atoms with Gasteiger partial charge < -0.3 is 15.3 Å². The molecule has 1 fully saturated rings. The Morgan fingerprint density at radius 1 is 1.54 bits per heavy atom. The third-order valence-corrected chi connectivity index (χ3v) is 6.49. The number of rotatable bonds is 11. The molecule has 134 valence electrons. The number of carboxylic acid groups (broad SMARTS) is 1. The molecule has 0 bridgehead atoms. The van der Waals surface area contributed by atoms with E-state index in [1.807, 2.05) is 16.7 Å². The van der Waals surface area contributed by atoms with Crippen molar-refractivity contribution in [1.29, 1.82) is 0 Å². The predicted octanol–water partition coefficient (Wildman–Crippen LogP) is 2.27. The molecule has 1 amide bonds. The number of carbonyl (C=O) groups excluding carboxylic acids is 1. The molecule has 1 atom stereocenters. The zero-order valence-electron chi connectivity index (χ0n) is 13.7. The molecule has 2 rings (SSSR count). The molecule has 0 radical (unpaired) electrons. The molecular formula is C15H23N3O3S3. The van der Waals surface area contributed by atoms with Gasteiger partial charge in [0.2, 0.25) is 5.91 Å². The number of aromatic nitrogens is 1. The summed E-state index contributed by atoms with van der Waals surface area (Å²) < 4.78 is 0.741. The first-order chi connectivity index (χ1) is 11.6. The van der Waals surface area contributed by atoms with E-state index in [1.54, 1.807) is 5.38 Å². The smallest absolute Gasteiger partial charge is 0.355 e. The second-order valence-corrected chi connectivity index (χ2v) is 8.67. The van der Waals surface area contributed by atoms with E-state index in [4.69, 9.17) is 5.11 Å². The molecule has 24 heavy (non-hydrogen) atoms. The summed E-state index contributed by atoms with van der Waals surface area (Å²) in [5, 5.41) is 13.9. The van der Waals surface area contributed by atoms with E-state index in [0.717, 1.165) is 41.8 Å². The van der Waals surface area contributed by atoms with E-state index in [2.05, 4.69) is 16.6 Å². The summed E-state index contributed by atoms with van der Waals surface area (Å²) in [4.78, 5) is 28.9. The van der Waals surface area contributed by atoms with E-state index < -0.39 is 5.97 Å². The Balaban J connectivity index is 1.72. The van der Waals surface area contributed by atoms with Gasteiger partial charge in [0.15, 0.2) is 10.0 Å². The van der Waals surface area contributed by atoms with Crippen LogP contribution in [-0.2, 0) is 4.79 Å². The Hall–Kier alpha value is -0.770. The van der Waals surface area contributed by atoms with E-state index in [1.165, 1.54) is 23.1 Å². The molecule has 2 heterocycles. The number of nitrogens with one attached hydrogen (secondary N) is 1. The third-order valence-electron chi connectivity index (χ3n) is 3.79. The highest BCUT2D eigenvalue weighted by molar-refractivity contribution is 8.01. The van der Waals surface area contributed by atoms with Gasteiger partial charge in [-0.15, -0.1) is 11.3 Å². The lowest BCUT2D eigenvalue weighted by molar-refractivity contribution is -0.128.